The first-order valence-electron chi connectivity index (χ1n) is 7.87. The molecule has 1 aromatic carbocycles. The molecule has 0 bridgehead atoms. The summed E-state index contributed by atoms with van der Waals surface area (Å²) in [5, 5.41) is 0. The van der Waals surface area contributed by atoms with Crippen LogP contribution in [0.3, 0.4) is 0 Å². The van der Waals surface area contributed by atoms with Gasteiger partial charge in [0.25, 0.3) is 0 Å². The van der Waals surface area contributed by atoms with Crippen LogP contribution in [0.5, 0.6) is 0 Å². The molecule has 2 fully saturated rings. The highest BCUT2D eigenvalue weighted by Gasteiger charge is 2.39. The number of halogens is 1. The first kappa shape index (κ1) is 14.6. The largest absolute Gasteiger partial charge is 0.327 e. The number of benzene rings is 1. The molecule has 4 unspecified atom stereocenters. The van der Waals surface area contributed by atoms with Gasteiger partial charge in [0.1, 0.15) is 0 Å². The minimum atomic E-state index is 0.443. The van der Waals surface area contributed by atoms with E-state index in [1.165, 1.54) is 37.9 Å². The van der Waals surface area contributed by atoms with Gasteiger partial charge in [0.2, 0.25) is 0 Å². The van der Waals surface area contributed by atoms with Gasteiger partial charge in [-0.25, -0.2) is 0 Å². The third-order valence-electron chi connectivity index (χ3n) is 5.25. The van der Waals surface area contributed by atoms with Crippen LogP contribution < -0.4 is 5.73 Å². The van der Waals surface area contributed by atoms with Crippen molar-refractivity contribution >= 4 is 15.9 Å². The maximum Gasteiger partial charge on any atom is 0.0175 e. The van der Waals surface area contributed by atoms with E-state index in [0.717, 1.165) is 22.7 Å². The number of rotatable bonds is 3. The maximum absolute atomic E-state index is 6.32. The molecule has 110 valence electrons. The van der Waals surface area contributed by atoms with Gasteiger partial charge in [-0.1, -0.05) is 34.5 Å². The lowest BCUT2D eigenvalue weighted by molar-refractivity contribution is 0.241. The second-order valence-electron chi connectivity index (χ2n) is 6.65. The highest BCUT2D eigenvalue weighted by atomic mass is 79.9. The van der Waals surface area contributed by atoms with Gasteiger partial charge >= 0.3 is 0 Å². The Kier molecular flexibility index (Phi) is 4.49. The number of nitrogens with zero attached hydrogens (tertiary/aromatic N) is 1. The summed E-state index contributed by atoms with van der Waals surface area (Å²) in [4.78, 5) is 2.67. The van der Waals surface area contributed by atoms with Crippen molar-refractivity contribution in [2.75, 3.05) is 13.1 Å². The Balaban J connectivity index is 1.60. The predicted molar refractivity (Wildman–Crippen MR) is 87.7 cm³/mol. The Bertz CT molecular complexity index is 445. The monoisotopic (exact) mass is 336 g/mol. The molecule has 0 aromatic heterocycles. The zero-order valence-electron chi connectivity index (χ0n) is 12.3. The molecule has 0 amide bonds. The second-order valence-corrected chi connectivity index (χ2v) is 7.57. The lowest BCUT2D eigenvalue weighted by Crippen LogP contribution is -2.39. The summed E-state index contributed by atoms with van der Waals surface area (Å²) in [6.45, 7) is 4.84. The molecule has 4 atom stereocenters. The fourth-order valence-electron chi connectivity index (χ4n) is 4.00. The maximum atomic E-state index is 6.32. The van der Waals surface area contributed by atoms with E-state index in [0.29, 0.717) is 12.1 Å². The molecule has 1 aliphatic carbocycles. The first-order valence-corrected chi connectivity index (χ1v) is 8.67. The molecular formula is C17H25BrN2. The van der Waals surface area contributed by atoms with Crippen LogP contribution in [0.1, 0.15) is 31.7 Å². The van der Waals surface area contributed by atoms with Crippen molar-refractivity contribution in [3.8, 4) is 0 Å². The van der Waals surface area contributed by atoms with Crippen LogP contribution in [0.2, 0.25) is 0 Å². The summed E-state index contributed by atoms with van der Waals surface area (Å²) in [6, 6.07) is 9.81. The molecule has 1 heterocycles. The van der Waals surface area contributed by atoms with E-state index < -0.39 is 0 Å². The highest BCUT2D eigenvalue weighted by Crippen LogP contribution is 2.36. The number of nitrogens with two attached hydrogens (primary N) is 1. The van der Waals surface area contributed by atoms with E-state index in [1.807, 2.05) is 0 Å². The van der Waals surface area contributed by atoms with Gasteiger partial charge in [0.05, 0.1) is 0 Å². The Morgan fingerprint density at radius 1 is 1.25 bits per heavy atom. The van der Waals surface area contributed by atoms with Gasteiger partial charge in [-0.05, 0) is 55.7 Å². The lowest BCUT2D eigenvalue weighted by Gasteiger charge is -2.30. The highest BCUT2D eigenvalue weighted by molar-refractivity contribution is 9.10. The summed E-state index contributed by atoms with van der Waals surface area (Å²) in [5.74, 6) is 1.60. The zero-order valence-corrected chi connectivity index (χ0v) is 13.8. The Morgan fingerprint density at radius 2 is 2.00 bits per heavy atom. The van der Waals surface area contributed by atoms with E-state index in [9.17, 15) is 0 Å². The van der Waals surface area contributed by atoms with Crippen LogP contribution in [0.15, 0.2) is 28.7 Å². The quantitative estimate of drug-likeness (QED) is 0.916. The molecule has 2 aliphatic rings. The van der Waals surface area contributed by atoms with Crippen molar-refractivity contribution in [3.05, 3.63) is 34.3 Å². The Hall–Kier alpha value is -0.380. The summed E-state index contributed by atoms with van der Waals surface area (Å²) < 4.78 is 1.16. The van der Waals surface area contributed by atoms with E-state index in [1.54, 1.807) is 0 Å². The number of hydrogen-bond acceptors (Lipinski definition) is 2. The molecule has 2 nitrogen and oxygen atoms in total. The standard InChI is InChI=1S/C17H25BrN2/c1-12(9-13-5-7-15(18)8-6-13)20-10-14-3-2-4-17(19)16(14)11-20/h5-8,12,14,16-17H,2-4,9-11,19H2,1H3. The van der Waals surface area contributed by atoms with E-state index >= 15 is 0 Å². The van der Waals surface area contributed by atoms with Gasteiger partial charge in [-0.3, -0.25) is 4.90 Å². The predicted octanol–water partition coefficient (Wildman–Crippen LogP) is 3.44. The smallest absolute Gasteiger partial charge is 0.0175 e. The number of fused-ring (bicyclic) bond motifs is 1. The van der Waals surface area contributed by atoms with E-state index in [2.05, 4.69) is 52.0 Å². The van der Waals surface area contributed by atoms with Gasteiger partial charge in [-0.15, -0.1) is 0 Å². The molecule has 3 heteroatoms. The minimum Gasteiger partial charge on any atom is -0.327 e. The summed E-state index contributed by atoms with van der Waals surface area (Å²) in [6.07, 6.45) is 5.09. The normalized spacial score (nSPS) is 32.0. The molecule has 3 rings (SSSR count). The van der Waals surface area contributed by atoms with Crippen LogP contribution in [-0.2, 0) is 6.42 Å². The molecule has 1 aliphatic heterocycles. The van der Waals surface area contributed by atoms with Crippen molar-refractivity contribution in [3.63, 3.8) is 0 Å². The van der Waals surface area contributed by atoms with Crippen LogP contribution in [-0.4, -0.2) is 30.1 Å². The molecule has 20 heavy (non-hydrogen) atoms. The van der Waals surface area contributed by atoms with Crippen molar-refractivity contribution in [2.45, 2.75) is 44.7 Å². The third kappa shape index (κ3) is 3.10. The minimum absolute atomic E-state index is 0.443. The summed E-state index contributed by atoms with van der Waals surface area (Å²) in [7, 11) is 0. The van der Waals surface area contributed by atoms with Crippen LogP contribution in [0, 0.1) is 11.8 Å². The van der Waals surface area contributed by atoms with E-state index in [4.69, 9.17) is 5.73 Å². The van der Waals surface area contributed by atoms with Gasteiger partial charge in [0.15, 0.2) is 0 Å². The molecule has 1 saturated carbocycles. The van der Waals surface area contributed by atoms with Crippen molar-refractivity contribution in [1.29, 1.82) is 0 Å². The second kappa shape index (κ2) is 6.17. The Morgan fingerprint density at radius 3 is 2.70 bits per heavy atom. The third-order valence-corrected chi connectivity index (χ3v) is 5.78. The van der Waals surface area contributed by atoms with Crippen LogP contribution >= 0.6 is 15.9 Å². The lowest BCUT2D eigenvalue weighted by atomic mass is 9.78. The molecule has 0 spiro atoms. The average molecular weight is 337 g/mol. The molecular weight excluding hydrogens is 312 g/mol. The molecule has 2 N–H and O–H groups in total. The fourth-order valence-corrected chi connectivity index (χ4v) is 4.27. The average Bonchev–Trinajstić information content (AvgIpc) is 2.87. The van der Waals surface area contributed by atoms with Gasteiger partial charge in [0, 0.05) is 29.6 Å². The summed E-state index contributed by atoms with van der Waals surface area (Å²) in [5.41, 5.74) is 7.75. The Labute approximate surface area is 130 Å². The SMILES string of the molecule is CC(Cc1ccc(Br)cc1)N1CC2CCCC(N)C2C1. The van der Waals surface area contributed by atoms with E-state index in [-0.39, 0.29) is 0 Å². The van der Waals surface area contributed by atoms with Crippen LogP contribution in [0.4, 0.5) is 0 Å². The van der Waals surface area contributed by atoms with Crippen molar-refractivity contribution in [1.82, 2.24) is 4.90 Å². The van der Waals surface area contributed by atoms with Crippen LogP contribution in [0.25, 0.3) is 0 Å². The fraction of sp³-hybridized carbons (Fsp3) is 0.647. The van der Waals surface area contributed by atoms with Gasteiger partial charge in [-0.2, -0.15) is 0 Å². The molecule has 1 aromatic rings. The molecule has 0 radical (unpaired) electrons. The number of hydrogen-bond donors (Lipinski definition) is 1. The molecule has 1 saturated heterocycles. The first-order chi connectivity index (χ1) is 9.63. The summed E-state index contributed by atoms with van der Waals surface area (Å²) >= 11 is 3.50. The van der Waals surface area contributed by atoms with Crippen molar-refractivity contribution in [2.24, 2.45) is 17.6 Å². The van der Waals surface area contributed by atoms with Crippen molar-refractivity contribution < 1.29 is 0 Å². The topological polar surface area (TPSA) is 29.3 Å². The number of likely N-dealkylation sites (tertiary alicyclic amines) is 1. The zero-order chi connectivity index (χ0) is 14.1. The van der Waals surface area contributed by atoms with Gasteiger partial charge < -0.3 is 5.73 Å².